The van der Waals surface area contributed by atoms with Crippen molar-refractivity contribution in [2.45, 2.75) is 19.3 Å². The van der Waals surface area contributed by atoms with Crippen molar-refractivity contribution in [1.82, 2.24) is 4.57 Å². The van der Waals surface area contributed by atoms with Crippen LogP contribution in [0.15, 0.2) is 30.5 Å². The van der Waals surface area contributed by atoms with Crippen molar-refractivity contribution in [2.24, 2.45) is 5.73 Å². The number of benzene rings is 1. The lowest BCUT2D eigenvalue weighted by molar-refractivity contribution is -0.174. The molecular formula is C13H15F3N2O. The number of nitrogens with two attached hydrogens (primary N) is 1. The van der Waals surface area contributed by atoms with Gasteiger partial charge in [-0.3, -0.25) is 0 Å². The third-order valence-electron chi connectivity index (χ3n) is 2.83. The number of hydrogen-bond acceptors (Lipinski definition) is 2. The van der Waals surface area contributed by atoms with Gasteiger partial charge < -0.3 is 15.0 Å². The first-order valence-corrected chi connectivity index (χ1v) is 5.92. The van der Waals surface area contributed by atoms with Crippen LogP contribution in [0, 0.1) is 0 Å². The molecule has 0 amide bonds. The maximum absolute atomic E-state index is 11.9. The molecule has 0 radical (unpaired) electrons. The summed E-state index contributed by atoms with van der Waals surface area (Å²) in [6.07, 6.45) is -2.41. The molecule has 2 N–H and O–H groups in total. The second-order valence-corrected chi connectivity index (χ2v) is 4.24. The predicted molar refractivity (Wildman–Crippen MR) is 66.7 cm³/mol. The van der Waals surface area contributed by atoms with Crippen molar-refractivity contribution < 1.29 is 17.9 Å². The Hall–Kier alpha value is -1.53. The Balaban J connectivity index is 2.05. The number of nitrogens with zero attached hydrogens (tertiary/aromatic N) is 1. The maximum Gasteiger partial charge on any atom is 0.411 e. The Bertz CT molecular complexity index is 548. The molecule has 6 heteroatoms. The predicted octanol–water partition coefficient (Wildman–Crippen LogP) is 2.68. The Morgan fingerprint density at radius 2 is 1.95 bits per heavy atom. The number of para-hydroxylation sites is 1. The fourth-order valence-corrected chi connectivity index (χ4v) is 2.02. The van der Waals surface area contributed by atoms with Crippen LogP contribution in [0.4, 0.5) is 13.2 Å². The van der Waals surface area contributed by atoms with Crippen LogP contribution < -0.4 is 5.73 Å². The van der Waals surface area contributed by atoms with E-state index in [4.69, 9.17) is 5.73 Å². The first-order valence-electron chi connectivity index (χ1n) is 5.92. The van der Waals surface area contributed by atoms with E-state index in [-0.39, 0.29) is 6.61 Å². The minimum absolute atomic E-state index is 0.0161. The number of alkyl halides is 3. The van der Waals surface area contributed by atoms with Gasteiger partial charge in [0.1, 0.15) is 6.61 Å². The minimum Gasteiger partial charge on any atom is -0.370 e. The first kappa shape index (κ1) is 13.9. The molecule has 0 spiro atoms. The molecule has 0 fully saturated rings. The normalized spacial score (nSPS) is 12.2. The Morgan fingerprint density at radius 1 is 1.21 bits per heavy atom. The highest BCUT2D eigenvalue weighted by Gasteiger charge is 2.27. The van der Waals surface area contributed by atoms with E-state index in [0.29, 0.717) is 13.1 Å². The van der Waals surface area contributed by atoms with Gasteiger partial charge in [0.2, 0.25) is 0 Å². The summed E-state index contributed by atoms with van der Waals surface area (Å²) in [7, 11) is 0. The van der Waals surface area contributed by atoms with Gasteiger partial charge >= 0.3 is 6.18 Å². The highest BCUT2D eigenvalue weighted by atomic mass is 19.4. The van der Waals surface area contributed by atoms with Crippen LogP contribution in [-0.2, 0) is 17.8 Å². The molecule has 0 aliphatic carbocycles. The summed E-state index contributed by atoms with van der Waals surface area (Å²) in [5.74, 6) is 0. The number of fused-ring (bicyclic) bond motifs is 1. The van der Waals surface area contributed by atoms with Crippen LogP contribution in [0.1, 0.15) is 5.56 Å². The summed E-state index contributed by atoms with van der Waals surface area (Å²) in [6, 6.07) is 7.66. The molecule has 3 nitrogen and oxygen atoms in total. The molecule has 1 aromatic heterocycles. The van der Waals surface area contributed by atoms with Crippen LogP contribution in [0.25, 0.3) is 10.9 Å². The number of aromatic nitrogens is 1. The van der Waals surface area contributed by atoms with Crippen LogP contribution in [-0.4, -0.2) is 24.0 Å². The monoisotopic (exact) mass is 272 g/mol. The molecule has 1 aromatic carbocycles. The van der Waals surface area contributed by atoms with E-state index < -0.39 is 12.8 Å². The SMILES string of the molecule is NCc1cn(CCOCC(F)(F)F)c2ccccc12. The summed E-state index contributed by atoms with van der Waals surface area (Å²) in [4.78, 5) is 0. The van der Waals surface area contributed by atoms with Crippen LogP contribution in [0.3, 0.4) is 0 Å². The molecular weight excluding hydrogens is 257 g/mol. The van der Waals surface area contributed by atoms with Crippen molar-refractivity contribution in [3.05, 3.63) is 36.0 Å². The molecule has 2 rings (SSSR count). The molecule has 2 aromatic rings. The number of ether oxygens (including phenoxy) is 1. The number of halogens is 3. The lowest BCUT2D eigenvalue weighted by Crippen LogP contribution is -2.18. The van der Waals surface area contributed by atoms with Crippen LogP contribution >= 0.6 is 0 Å². The maximum atomic E-state index is 11.9. The highest BCUT2D eigenvalue weighted by Crippen LogP contribution is 2.21. The van der Waals surface area contributed by atoms with Gasteiger partial charge in [-0.25, -0.2) is 0 Å². The van der Waals surface area contributed by atoms with Gasteiger partial charge in [-0.1, -0.05) is 18.2 Å². The quantitative estimate of drug-likeness (QED) is 0.850. The molecule has 104 valence electrons. The molecule has 0 aliphatic rings. The summed E-state index contributed by atoms with van der Waals surface area (Å²) in [6.45, 7) is -0.425. The standard InChI is InChI=1S/C13H15F3N2O/c14-13(15,16)9-19-6-5-18-8-10(7-17)11-3-1-2-4-12(11)18/h1-4,8H,5-7,9,17H2. The van der Waals surface area contributed by atoms with Crippen molar-refractivity contribution in [3.63, 3.8) is 0 Å². The third kappa shape index (κ3) is 3.48. The molecule has 0 bridgehead atoms. The Kier molecular flexibility index (Phi) is 4.11. The molecule has 0 saturated heterocycles. The molecule has 19 heavy (non-hydrogen) atoms. The molecule has 0 atom stereocenters. The number of rotatable bonds is 5. The average molecular weight is 272 g/mol. The van der Waals surface area contributed by atoms with Gasteiger partial charge in [-0.05, 0) is 11.6 Å². The molecule has 0 unspecified atom stereocenters. The lowest BCUT2D eigenvalue weighted by atomic mass is 10.2. The zero-order chi connectivity index (χ0) is 13.9. The van der Waals surface area contributed by atoms with Crippen molar-refractivity contribution in [3.8, 4) is 0 Å². The largest absolute Gasteiger partial charge is 0.411 e. The van der Waals surface area contributed by atoms with Gasteiger partial charge in [-0.2, -0.15) is 13.2 Å². The van der Waals surface area contributed by atoms with Gasteiger partial charge in [0.15, 0.2) is 0 Å². The summed E-state index contributed by atoms with van der Waals surface area (Å²) >= 11 is 0. The minimum atomic E-state index is -4.28. The second kappa shape index (κ2) is 5.63. The highest BCUT2D eigenvalue weighted by molar-refractivity contribution is 5.83. The smallest absolute Gasteiger partial charge is 0.370 e. The Labute approximate surface area is 108 Å². The zero-order valence-electron chi connectivity index (χ0n) is 10.3. The zero-order valence-corrected chi connectivity index (χ0v) is 10.3. The third-order valence-corrected chi connectivity index (χ3v) is 2.83. The van der Waals surface area contributed by atoms with E-state index in [1.54, 1.807) is 0 Å². The summed E-state index contributed by atoms with van der Waals surface area (Å²) in [5, 5.41) is 1.03. The first-order chi connectivity index (χ1) is 9.01. The Morgan fingerprint density at radius 3 is 2.63 bits per heavy atom. The van der Waals surface area contributed by atoms with Crippen LogP contribution in [0.2, 0.25) is 0 Å². The van der Waals surface area contributed by atoms with Crippen molar-refractivity contribution >= 4 is 10.9 Å². The van der Waals surface area contributed by atoms with E-state index in [2.05, 4.69) is 4.74 Å². The fraction of sp³-hybridized carbons (Fsp3) is 0.385. The second-order valence-electron chi connectivity index (χ2n) is 4.24. The molecule has 1 heterocycles. The molecule has 0 saturated carbocycles. The van der Waals surface area contributed by atoms with Gasteiger partial charge in [-0.15, -0.1) is 0 Å². The lowest BCUT2D eigenvalue weighted by Gasteiger charge is -2.08. The fourth-order valence-electron chi connectivity index (χ4n) is 2.02. The average Bonchev–Trinajstić information content (AvgIpc) is 2.72. The van der Waals surface area contributed by atoms with Crippen molar-refractivity contribution in [1.29, 1.82) is 0 Å². The van der Waals surface area contributed by atoms with Crippen molar-refractivity contribution in [2.75, 3.05) is 13.2 Å². The topological polar surface area (TPSA) is 40.2 Å². The molecule has 0 aliphatic heterocycles. The van der Waals surface area contributed by atoms with E-state index in [1.807, 2.05) is 35.0 Å². The number of hydrogen-bond donors (Lipinski definition) is 1. The van der Waals surface area contributed by atoms with E-state index in [1.165, 1.54) is 0 Å². The van der Waals surface area contributed by atoms with E-state index >= 15 is 0 Å². The summed E-state index contributed by atoms with van der Waals surface area (Å²) in [5.41, 5.74) is 7.58. The van der Waals surface area contributed by atoms with Gasteiger partial charge in [0.25, 0.3) is 0 Å². The van der Waals surface area contributed by atoms with Crippen LogP contribution in [0.5, 0.6) is 0 Å². The summed E-state index contributed by atoms with van der Waals surface area (Å²) < 4.78 is 42.3. The van der Waals surface area contributed by atoms with E-state index in [9.17, 15) is 13.2 Å². The van der Waals surface area contributed by atoms with Gasteiger partial charge in [0.05, 0.1) is 6.61 Å². The van der Waals surface area contributed by atoms with Gasteiger partial charge in [0, 0.05) is 30.2 Å². The van der Waals surface area contributed by atoms with E-state index in [0.717, 1.165) is 16.5 Å².